The Labute approximate surface area is 82.5 Å². The molecule has 5 N–H and O–H groups in total. The Kier molecular flexibility index (Phi) is 4.15. The quantitative estimate of drug-likeness (QED) is 0.487. The van der Waals surface area contributed by atoms with Crippen molar-refractivity contribution in [3.05, 3.63) is 24.3 Å². The summed E-state index contributed by atoms with van der Waals surface area (Å²) in [7, 11) is -3.69. The van der Waals surface area contributed by atoms with E-state index in [1.165, 1.54) is 12.1 Å². The standard InChI is InChI=1S/C6H9N3O2S.ClH/c7-9-5-3-1-2-4-6(5)12(8,10)11;/h1-4,9H,7H2,(H2,8,10,11);1H. The number of para-hydroxylation sites is 1. The molecule has 13 heavy (non-hydrogen) atoms. The van der Waals surface area contributed by atoms with Gasteiger partial charge in [-0.05, 0) is 12.1 Å². The molecule has 0 aliphatic carbocycles. The van der Waals surface area contributed by atoms with Crippen LogP contribution in [-0.2, 0) is 10.0 Å². The first-order valence-corrected chi connectivity index (χ1v) is 4.69. The van der Waals surface area contributed by atoms with Gasteiger partial charge in [0.25, 0.3) is 0 Å². The maximum atomic E-state index is 10.9. The number of rotatable bonds is 2. The molecular weight excluding hydrogens is 214 g/mol. The van der Waals surface area contributed by atoms with E-state index in [1.54, 1.807) is 12.1 Å². The molecule has 0 radical (unpaired) electrons. The second kappa shape index (κ2) is 4.43. The van der Waals surface area contributed by atoms with Crippen LogP contribution in [0.15, 0.2) is 29.2 Å². The fourth-order valence-electron chi connectivity index (χ4n) is 0.834. The molecule has 0 saturated heterocycles. The van der Waals surface area contributed by atoms with Crippen LogP contribution in [0.5, 0.6) is 0 Å². The van der Waals surface area contributed by atoms with E-state index in [0.29, 0.717) is 5.69 Å². The molecule has 0 unspecified atom stereocenters. The maximum Gasteiger partial charge on any atom is 0.240 e. The molecule has 5 nitrogen and oxygen atoms in total. The van der Waals surface area contributed by atoms with Crippen molar-refractivity contribution >= 4 is 28.1 Å². The van der Waals surface area contributed by atoms with Gasteiger partial charge in [0, 0.05) is 0 Å². The Balaban J connectivity index is 0.00000144. The van der Waals surface area contributed by atoms with Gasteiger partial charge in [-0.3, -0.25) is 5.84 Å². The van der Waals surface area contributed by atoms with E-state index in [9.17, 15) is 8.42 Å². The van der Waals surface area contributed by atoms with Gasteiger partial charge in [-0.15, -0.1) is 12.4 Å². The van der Waals surface area contributed by atoms with Gasteiger partial charge in [-0.25, -0.2) is 13.6 Å². The number of halogens is 1. The molecule has 7 heteroatoms. The molecule has 1 aromatic carbocycles. The number of anilines is 1. The number of nitrogen functional groups attached to an aromatic ring is 1. The summed E-state index contributed by atoms with van der Waals surface area (Å²) in [6.45, 7) is 0. The summed E-state index contributed by atoms with van der Waals surface area (Å²) in [6.07, 6.45) is 0. The predicted octanol–water partition coefficient (Wildman–Crippen LogP) is 0.0414. The lowest BCUT2D eigenvalue weighted by Gasteiger charge is -2.04. The molecule has 1 rings (SSSR count). The minimum Gasteiger partial charge on any atom is -0.323 e. The number of sulfonamides is 1. The summed E-state index contributed by atoms with van der Waals surface area (Å²) < 4.78 is 21.8. The maximum absolute atomic E-state index is 10.9. The number of nitrogens with one attached hydrogen (secondary N) is 1. The molecule has 0 aliphatic rings. The van der Waals surface area contributed by atoms with Crippen LogP contribution in [0.1, 0.15) is 0 Å². The smallest absolute Gasteiger partial charge is 0.240 e. The van der Waals surface area contributed by atoms with Gasteiger partial charge in [0.05, 0.1) is 5.69 Å². The normalized spacial score (nSPS) is 10.3. The third-order valence-electron chi connectivity index (χ3n) is 1.35. The first kappa shape index (κ1) is 12.2. The molecule has 0 aromatic heterocycles. The highest BCUT2D eigenvalue weighted by atomic mass is 35.5. The molecular formula is C6H10ClN3O2S. The Bertz CT molecular complexity index is 379. The van der Waals surface area contributed by atoms with Crippen molar-refractivity contribution in [1.82, 2.24) is 0 Å². The lowest BCUT2D eigenvalue weighted by atomic mass is 10.3. The van der Waals surface area contributed by atoms with E-state index < -0.39 is 10.0 Å². The number of hydrogen-bond donors (Lipinski definition) is 3. The molecule has 0 bridgehead atoms. The fraction of sp³-hybridized carbons (Fsp3) is 0. The highest BCUT2D eigenvalue weighted by Crippen LogP contribution is 2.17. The zero-order valence-electron chi connectivity index (χ0n) is 6.60. The van der Waals surface area contributed by atoms with Crippen LogP contribution in [0, 0.1) is 0 Å². The van der Waals surface area contributed by atoms with Gasteiger partial charge >= 0.3 is 0 Å². The van der Waals surface area contributed by atoms with Gasteiger partial charge in [-0.2, -0.15) is 0 Å². The van der Waals surface area contributed by atoms with E-state index in [4.69, 9.17) is 11.0 Å². The van der Waals surface area contributed by atoms with Crippen molar-refractivity contribution < 1.29 is 8.42 Å². The van der Waals surface area contributed by atoms with Crippen LogP contribution in [0.25, 0.3) is 0 Å². The largest absolute Gasteiger partial charge is 0.323 e. The highest BCUT2D eigenvalue weighted by molar-refractivity contribution is 7.89. The summed E-state index contributed by atoms with van der Waals surface area (Å²) in [6, 6.07) is 6.13. The second-order valence-electron chi connectivity index (χ2n) is 2.19. The average Bonchev–Trinajstić information content (AvgIpc) is 2.03. The van der Waals surface area contributed by atoms with Crippen LogP contribution < -0.4 is 16.4 Å². The van der Waals surface area contributed by atoms with Crippen LogP contribution in [0.4, 0.5) is 5.69 Å². The third kappa shape index (κ3) is 2.85. The molecule has 0 fully saturated rings. The van der Waals surface area contributed by atoms with Crippen molar-refractivity contribution in [2.24, 2.45) is 11.0 Å². The summed E-state index contributed by atoms with van der Waals surface area (Å²) in [5.74, 6) is 5.08. The molecule has 1 aromatic rings. The number of hydrazine groups is 1. The second-order valence-corrected chi connectivity index (χ2v) is 3.72. The van der Waals surface area contributed by atoms with Gasteiger partial charge in [-0.1, -0.05) is 12.1 Å². The van der Waals surface area contributed by atoms with E-state index in [0.717, 1.165) is 0 Å². The van der Waals surface area contributed by atoms with Crippen molar-refractivity contribution in [3.8, 4) is 0 Å². The van der Waals surface area contributed by atoms with Crippen molar-refractivity contribution in [3.63, 3.8) is 0 Å². The fourth-order valence-corrected chi connectivity index (χ4v) is 1.54. The monoisotopic (exact) mass is 223 g/mol. The van der Waals surface area contributed by atoms with Crippen molar-refractivity contribution in [1.29, 1.82) is 0 Å². The van der Waals surface area contributed by atoms with Crippen LogP contribution >= 0.6 is 12.4 Å². The lowest BCUT2D eigenvalue weighted by Crippen LogP contribution is -2.17. The third-order valence-corrected chi connectivity index (χ3v) is 2.32. The molecule has 0 aliphatic heterocycles. The van der Waals surface area contributed by atoms with Crippen molar-refractivity contribution in [2.75, 3.05) is 5.43 Å². The summed E-state index contributed by atoms with van der Waals surface area (Å²) in [5.41, 5.74) is 2.53. The Morgan fingerprint density at radius 1 is 1.23 bits per heavy atom. The first-order chi connectivity index (χ1) is 5.55. The minimum atomic E-state index is -3.69. The topological polar surface area (TPSA) is 98.2 Å². The van der Waals surface area contributed by atoms with Gasteiger partial charge < -0.3 is 5.43 Å². The highest BCUT2D eigenvalue weighted by Gasteiger charge is 2.11. The van der Waals surface area contributed by atoms with Crippen LogP contribution in [-0.4, -0.2) is 8.42 Å². The van der Waals surface area contributed by atoms with Crippen LogP contribution in [0.2, 0.25) is 0 Å². The van der Waals surface area contributed by atoms with E-state index in [1.807, 2.05) is 0 Å². The summed E-state index contributed by atoms with van der Waals surface area (Å²) >= 11 is 0. The molecule has 74 valence electrons. The molecule has 0 atom stereocenters. The van der Waals surface area contributed by atoms with Gasteiger partial charge in [0.2, 0.25) is 10.0 Å². The molecule has 0 saturated carbocycles. The van der Waals surface area contributed by atoms with E-state index >= 15 is 0 Å². The Hall–Kier alpha value is -0.820. The Morgan fingerprint density at radius 2 is 1.77 bits per heavy atom. The van der Waals surface area contributed by atoms with Crippen molar-refractivity contribution in [2.45, 2.75) is 4.90 Å². The summed E-state index contributed by atoms with van der Waals surface area (Å²) in [4.78, 5) is -0.00694. The number of benzene rings is 1. The molecule has 0 heterocycles. The SMILES string of the molecule is Cl.NNc1ccccc1S(N)(=O)=O. The molecule has 0 spiro atoms. The van der Waals surface area contributed by atoms with E-state index in [2.05, 4.69) is 5.43 Å². The average molecular weight is 224 g/mol. The molecule has 0 amide bonds. The van der Waals surface area contributed by atoms with Gasteiger partial charge in [0.1, 0.15) is 4.90 Å². The van der Waals surface area contributed by atoms with Crippen LogP contribution in [0.3, 0.4) is 0 Å². The van der Waals surface area contributed by atoms with Gasteiger partial charge in [0.15, 0.2) is 0 Å². The number of nitrogens with two attached hydrogens (primary N) is 2. The lowest BCUT2D eigenvalue weighted by molar-refractivity contribution is 0.598. The summed E-state index contributed by atoms with van der Waals surface area (Å²) in [5, 5.41) is 4.91. The zero-order valence-corrected chi connectivity index (χ0v) is 8.23. The number of hydrogen-bond acceptors (Lipinski definition) is 4. The van der Waals surface area contributed by atoms with E-state index in [-0.39, 0.29) is 17.3 Å². The minimum absolute atomic E-state index is 0. The Morgan fingerprint density at radius 3 is 2.15 bits per heavy atom. The predicted molar refractivity (Wildman–Crippen MR) is 52.9 cm³/mol. The first-order valence-electron chi connectivity index (χ1n) is 3.14. The zero-order chi connectivity index (χ0) is 9.19. The number of primary sulfonamides is 1.